The second kappa shape index (κ2) is 6.14. The van der Waals surface area contributed by atoms with Gasteiger partial charge in [0.05, 0.1) is 16.9 Å². The maximum atomic E-state index is 12.7. The van der Waals surface area contributed by atoms with Crippen molar-refractivity contribution in [3.8, 4) is 0 Å². The first kappa shape index (κ1) is 20.2. The van der Waals surface area contributed by atoms with E-state index in [0.29, 0.717) is 6.42 Å². The lowest BCUT2D eigenvalue weighted by molar-refractivity contribution is -0.181. The van der Waals surface area contributed by atoms with E-state index in [1.54, 1.807) is 0 Å². The normalized spacial score (nSPS) is 45.7. The number of para-hydroxylation sites is 1. The zero-order valence-corrected chi connectivity index (χ0v) is 19.0. The van der Waals surface area contributed by atoms with Crippen molar-refractivity contribution in [1.29, 1.82) is 0 Å². The van der Waals surface area contributed by atoms with E-state index in [2.05, 4.69) is 17.0 Å². The van der Waals surface area contributed by atoms with Gasteiger partial charge in [0, 0.05) is 39.2 Å². The van der Waals surface area contributed by atoms with Crippen LogP contribution in [0.3, 0.4) is 0 Å². The van der Waals surface area contributed by atoms with Gasteiger partial charge in [0.1, 0.15) is 12.7 Å². The maximum Gasteiger partial charge on any atom is 0.302 e. The van der Waals surface area contributed by atoms with Gasteiger partial charge < -0.3 is 19.5 Å². The summed E-state index contributed by atoms with van der Waals surface area (Å²) < 4.78 is 12.0. The fraction of sp³-hybridized carbons (Fsp3) is 0.600. The molecule has 6 aliphatic rings. The Hall–Kier alpha value is -2.38. The maximum absolute atomic E-state index is 12.7. The first-order valence-electron chi connectivity index (χ1n) is 11.5. The van der Waals surface area contributed by atoms with Gasteiger partial charge in [0.2, 0.25) is 0 Å². The summed E-state index contributed by atoms with van der Waals surface area (Å²) in [5.41, 5.74) is 0.675. The number of fused-ring (bicyclic) bond motifs is 2. The van der Waals surface area contributed by atoms with Crippen LogP contribution < -0.4 is 4.90 Å². The molecule has 0 amide bonds. The van der Waals surface area contributed by atoms with Gasteiger partial charge in [0.25, 0.3) is 0 Å². The van der Waals surface area contributed by atoms with Crippen LogP contribution in [0.25, 0.3) is 0 Å². The number of piperidine rings is 4. The minimum atomic E-state index is -1.22. The summed E-state index contributed by atoms with van der Waals surface area (Å²) in [7, 11) is 1.95. The molecule has 1 spiro atoms. The fourth-order valence-corrected chi connectivity index (χ4v) is 8.41. The number of hydrogen-bond acceptors (Lipinski definition) is 7. The molecule has 1 saturated carbocycles. The highest BCUT2D eigenvalue weighted by molar-refractivity contribution is 5.72. The molecule has 0 radical (unpaired) electrons. The van der Waals surface area contributed by atoms with Crippen molar-refractivity contribution in [3.63, 3.8) is 0 Å². The summed E-state index contributed by atoms with van der Waals surface area (Å²) in [4.78, 5) is 28.9. The van der Waals surface area contributed by atoms with Crippen molar-refractivity contribution >= 4 is 17.6 Å². The van der Waals surface area contributed by atoms with Crippen molar-refractivity contribution in [3.05, 3.63) is 41.5 Å². The fourth-order valence-electron chi connectivity index (χ4n) is 8.41. The summed E-state index contributed by atoms with van der Waals surface area (Å²) in [6.45, 7) is 5.87. The molecule has 5 heterocycles. The van der Waals surface area contributed by atoms with E-state index in [4.69, 9.17) is 9.47 Å². The minimum absolute atomic E-state index is 0.0541. The zero-order chi connectivity index (χ0) is 22.6. The van der Waals surface area contributed by atoms with Crippen LogP contribution in [0.15, 0.2) is 35.9 Å². The Kier molecular flexibility index (Phi) is 3.89. The first-order valence-corrected chi connectivity index (χ1v) is 11.5. The molecular weight excluding hydrogens is 408 g/mol. The Balaban J connectivity index is 1.67. The molecule has 4 saturated heterocycles. The molecule has 170 valence electrons. The number of hydrogen-bond donors (Lipinski definition) is 1. The van der Waals surface area contributed by atoms with Gasteiger partial charge in [-0.1, -0.05) is 29.8 Å². The average Bonchev–Trinajstić information content (AvgIpc) is 3.14. The third-order valence-electron chi connectivity index (χ3n) is 9.35. The number of benzene rings is 1. The minimum Gasteiger partial charge on any atom is -0.465 e. The Bertz CT molecular complexity index is 1070. The monoisotopic (exact) mass is 438 g/mol. The van der Waals surface area contributed by atoms with E-state index in [1.165, 1.54) is 19.4 Å². The number of allylic oxidation sites excluding steroid dienone is 1. The summed E-state index contributed by atoms with van der Waals surface area (Å²) in [5.74, 6) is -0.634. The summed E-state index contributed by atoms with van der Waals surface area (Å²) in [5, 5.41) is 12.7. The highest BCUT2D eigenvalue weighted by atomic mass is 16.6. The van der Waals surface area contributed by atoms with E-state index in [9.17, 15) is 14.7 Å². The van der Waals surface area contributed by atoms with Crippen molar-refractivity contribution in [1.82, 2.24) is 4.90 Å². The van der Waals surface area contributed by atoms with Gasteiger partial charge in [-0.15, -0.1) is 0 Å². The molecule has 1 aromatic carbocycles. The molecular formula is C25H30N2O5. The van der Waals surface area contributed by atoms with Crippen LogP contribution in [0.1, 0.15) is 39.2 Å². The molecule has 1 aliphatic carbocycles. The quantitative estimate of drug-likeness (QED) is 0.571. The summed E-state index contributed by atoms with van der Waals surface area (Å²) in [6.07, 6.45) is 2.95. The summed E-state index contributed by atoms with van der Waals surface area (Å²) >= 11 is 0. The molecule has 7 heteroatoms. The molecule has 7 rings (SSSR count). The lowest BCUT2D eigenvalue weighted by Crippen LogP contribution is -2.76. The molecule has 3 unspecified atom stereocenters. The van der Waals surface area contributed by atoms with Crippen LogP contribution in [-0.2, 0) is 24.5 Å². The average molecular weight is 439 g/mol. The number of anilines is 1. The molecule has 8 atom stereocenters. The molecule has 1 N–H and O–H groups in total. The van der Waals surface area contributed by atoms with Crippen LogP contribution >= 0.6 is 0 Å². The van der Waals surface area contributed by atoms with E-state index < -0.39 is 22.7 Å². The number of nitrogens with zero attached hydrogens (tertiary/aromatic N) is 2. The molecule has 0 aromatic heterocycles. The topological polar surface area (TPSA) is 79.3 Å². The van der Waals surface area contributed by atoms with Gasteiger partial charge in [-0.25, -0.2) is 0 Å². The predicted molar refractivity (Wildman–Crippen MR) is 117 cm³/mol. The number of aliphatic hydroxyl groups is 1. The van der Waals surface area contributed by atoms with Gasteiger partial charge in [0.15, 0.2) is 5.72 Å². The van der Waals surface area contributed by atoms with Crippen molar-refractivity contribution in [2.75, 3.05) is 25.1 Å². The zero-order valence-electron chi connectivity index (χ0n) is 19.0. The van der Waals surface area contributed by atoms with Gasteiger partial charge in [-0.2, -0.15) is 0 Å². The molecule has 7 nitrogen and oxygen atoms in total. The highest BCUT2D eigenvalue weighted by Gasteiger charge is 2.86. The number of likely N-dealkylation sites (N-methyl/N-ethyl adjacent to an activating group) is 1. The van der Waals surface area contributed by atoms with Gasteiger partial charge in [-0.05, 0) is 37.3 Å². The number of ether oxygens (including phenoxy) is 2. The smallest absolute Gasteiger partial charge is 0.302 e. The van der Waals surface area contributed by atoms with Crippen molar-refractivity contribution in [2.45, 2.75) is 62.9 Å². The SMILES string of the molecule is C/C=C1/CN2C3CC45c6ccccc6N(C)[C@]4(O)[C@@H]2C[C@@H]1[C@@]3(COC(C)=O)[C@H]5OC(C)=O. The Labute approximate surface area is 188 Å². The van der Waals surface area contributed by atoms with E-state index in [0.717, 1.165) is 24.2 Å². The number of carbonyl (C=O) groups is 2. The molecule has 5 aliphatic heterocycles. The molecule has 32 heavy (non-hydrogen) atoms. The second-order valence-corrected chi connectivity index (χ2v) is 10.2. The molecule has 5 bridgehead atoms. The first-order chi connectivity index (χ1) is 15.2. The largest absolute Gasteiger partial charge is 0.465 e. The van der Waals surface area contributed by atoms with Crippen LogP contribution in [0.5, 0.6) is 0 Å². The van der Waals surface area contributed by atoms with E-state index in [-0.39, 0.29) is 36.5 Å². The van der Waals surface area contributed by atoms with Gasteiger partial charge >= 0.3 is 11.9 Å². The van der Waals surface area contributed by atoms with Crippen molar-refractivity contribution < 1.29 is 24.2 Å². The summed E-state index contributed by atoms with van der Waals surface area (Å²) in [6, 6.07) is 8.04. The van der Waals surface area contributed by atoms with Crippen molar-refractivity contribution in [2.24, 2.45) is 11.3 Å². The van der Waals surface area contributed by atoms with E-state index in [1.807, 2.05) is 37.1 Å². The standard InChI is InChI=1S/C25H30N2O5/c1-5-16-12-27-20-10-18(16)23(13-31-14(2)28)21(27)11-24(22(23)32-15(3)29)17-8-6-7-9-19(17)26(4)25(20,24)30/h5-9,18,20-22,30H,10-13H2,1-4H3/b16-5-/t18-,20-,21?,22+,23+,24?,25-/m0/s1. The van der Waals surface area contributed by atoms with Crippen LogP contribution in [0.4, 0.5) is 5.69 Å². The lowest BCUT2D eigenvalue weighted by atomic mass is 9.58. The Morgan fingerprint density at radius 3 is 2.66 bits per heavy atom. The van der Waals surface area contributed by atoms with E-state index >= 15 is 0 Å². The number of rotatable bonds is 3. The van der Waals surface area contributed by atoms with Crippen LogP contribution in [0, 0.1) is 11.3 Å². The van der Waals surface area contributed by atoms with Gasteiger partial charge in [-0.3, -0.25) is 14.5 Å². The molecule has 1 aromatic rings. The Morgan fingerprint density at radius 2 is 1.97 bits per heavy atom. The Morgan fingerprint density at radius 1 is 1.22 bits per heavy atom. The number of esters is 2. The molecule has 5 fully saturated rings. The predicted octanol–water partition coefficient (Wildman–Crippen LogP) is 1.98. The third-order valence-corrected chi connectivity index (χ3v) is 9.35. The van der Waals surface area contributed by atoms with Crippen LogP contribution in [-0.4, -0.2) is 66.1 Å². The highest BCUT2D eigenvalue weighted by Crippen LogP contribution is 2.75. The van der Waals surface area contributed by atoms with Crippen LogP contribution in [0.2, 0.25) is 0 Å². The third kappa shape index (κ3) is 1.93. The lowest BCUT2D eigenvalue weighted by Gasteiger charge is -2.64. The second-order valence-electron chi connectivity index (χ2n) is 10.2. The number of carbonyl (C=O) groups excluding carboxylic acids is 2.